The Morgan fingerprint density at radius 3 is 3.08 bits per heavy atom. The number of para-hydroxylation sites is 1. The van der Waals surface area contributed by atoms with Crippen LogP contribution in [0.15, 0.2) is 42.5 Å². The maximum Gasteiger partial charge on any atom is 0.251 e. The average molecular weight is 322 g/mol. The molecule has 1 amide bonds. The van der Waals surface area contributed by atoms with Crippen LogP contribution in [0.5, 0.6) is 5.75 Å². The number of rotatable bonds is 3. The standard InChI is InChI=1S/C18H18N4O2/c1-2-22-16-8-7-12(11-15(16)20-21-22)18(23)19-14-9-10-24-17-6-4-3-5-13(14)17/h3-8,11,14H,2,9-10H2,1H3,(H,19,23). The van der Waals surface area contributed by atoms with E-state index in [9.17, 15) is 4.79 Å². The Kier molecular flexibility index (Phi) is 3.65. The molecular formula is C18H18N4O2. The van der Waals surface area contributed by atoms with Gasteiger partial charge in [-0.25, -0.2) is 4.68 Å². The lowest BCUT2D eigenvalue weighted by molar-refractivity contribution is 0.0925. The van der Waals surface area contributed by atoms with Crippen molar-refractivity contribution < 1.29 is 9.53 Å². The summed E-state index contributed by atoms with van der Waals surface area (Å²) in [6, 6.07) is 13.3. The van der Waals surface area contributed by atoms with Gasteiger partial charge in [0.15, 0.2) is 0 Å². The van der Waals surface area contributed by atoms with Gasteiger partial charge in [-0.1, -0.05) is 23.4 Å². The zero-order valence-electron chi connectivity index (χ0n) is 13.4. The Morgan fingerprint density at radius 1 is 1.33 bits per heavy atom. The van der Waals surface area contributed by atoms with E-state index in [1.165, 1.54) is 0 Å². The van der Waals surface area contributed by atoms with Gasteiger partial charge in [-0.05, 0) is 31.2 Å². The Labute approximate surface area is 139 Å². The zero-order chi connectivity index (χ0) is 16.5. The Bertz CT molecular complexity index is 903. The second kappa shape index (κ2) is 5.96. The molecule has 2 aromatic carbocycles. The van der Waals surface area contributed by atoms with Crippen molar-refractivity contribution in [2.75, 3.05) is 6.61 Å². The van der Waals surface area contributed by atoms with E-state index < -0.39 is 0 Å². The first kappa shape index (κ1) is 14.7. The van der Waals surface area contributed by atoms with Crippen molar-refractivity contribution in [1.29, 1.82) is 0 Å². The molecule has 0 bridgehead atoms. The van der Waals surface area contributed by atoms with Crippen molar-refractivity contribution in [2.45, 2.75) is 25.9 Å². The van der Waals surface area contributed by atoms with Gasteiger partial charge in [-0.2, -0.15) is 0 Å². The van der Waals surface area contributed by atoms with Gasteiger partial charge in [0.05, 0.1) is 18.2 Å². The van der Waals surface area contributed by atoms with Crippen molar-refractivity contribution in [1.82, 2.24) is 20.3 Å². The highest BCUT2D eigenvalue weighted by Gasteiger charge is 2.23. The highest BCUT2D eigenvalue weighted by Crippen LogP contribution is 2.31. The molecule has 122 valence electrons. The average Bonchev–Trinajstić information content (AvgIpc) is 3.04. The van der Waals surface area contributed by atoms with Crippen LogP contribution in [0.1, 0.15) is 35.3 Å². The summed E-state index contributed by atoms with van der Waals surface area (Å²) in [5.74, 6) is 0.736. The molecule has 1 aliphatic heterocycles. The predicted molar refractivity (Wildman–Crippen MR) is 90.0 cm³/mol. The number of nitrogens with one attached hydrogen (secondary N) is 1. The van der Waals surface area contributed by atoms with Gasteiger partial charge in [-0.3, -0.25) is 4.79 Å². The summed E-state index contributed by atoms with van der Waals surface area (Å²) in [5, 5.41) is 11.3. The molecule has 0 saturated heterocycles. The number of ether oxygens (including phenoxy) is 1. The first-order valence-electron chi connectivity index (χ1n) is 8.12. The smallest absolute Gasteiger partial charge is 0.251 e. The number of amides is 1. The molecule has 0 radical (unpaired) electrons. The first-order valence-corrected chi connectivity index (χ1v) is 8.12. The lowest BCUT2D eigenvalue weighted by Gasteiger charge is -2.26. The molecule has 1 atom stereocenters. The Balaban J connectivity index is 1.59. The first-order chi connectivity index (χ1) is 11.8. The molecule has 6 nitrogen and oxygen atoms in total. The number of hydrogen-bond acceptors (Lipinski definition) is 4. The van der Waals surface area contributed by atoms with E-state index in [1.807, 2.05) is 48.0 Å². The van der Waals surface area contributed by atoms with Gasteiger partial charge in [-0.15, -0.1) is 5.10 Å². The van der Waals surface area contributed by atoms with Gasteiger partial charge in [0.2, 0.25) is 0 Å². The molecule has 0 aliphatic carbocycles. The van der Waals surface area contributed by atoms with Crippen molar-refractivity contribution in [3.05, 3.63) is 53.6 Å². The number of carbonyl (C=O) groups excluding carboxylic acids is 1. The van der Waals surface area contributed by atoms with Crippen LogP contribution in [0.3, 0.4) is 0 Å². The fourth-order valence-corrected chi connectivity index (χ4v) is 3.08. The van der Waals surface area contributed by atoms with Gasteiger partial charge >= 0.3 is 0 Å². The van der Waals surface area contributed by atoms with E-state index in [0.29, 0.717) is 12.2 Å². The maximum atomic E-state index is 12.6. The molecule has 0 spiro atoms. The van der Waals surface area contributed by atoms with Gasteiger partial charge in [0.1, 0.15) is 11.3 Å². The van der Waals surface area contributed by atoms with Gasteiger partial charge in [0.25, 0.3) is 5.91 Å². The molecule has 1 unspecified atom stereocenters. The molecule has 0 saturated carbocycles. The Morgan fingerprint density at radius 2 is 2.21 bits per heavy atom. The van der Waals surface area contributed by atoms with Crippen LogP contribution in [-0.4, -0.2) is 27.5 Å². The van der Waals surface area contributed by atoms with E-state index in [0.717, 1.165) is 35.3 Å². The third-order valence-corrected chi connectivity index (χ3v) is 4.34. The predicted octanol–water partition coefficient (Wildman–Crippen LogP) is 2.70. The monoisotopic (exact) mass is 322 g/mol. The number of aryl methyl sites for hydroxylation is 1. The Hall–Kier alpha value is -2.89. The summed E-state index contributed by atoms with van der Waals surface area (Å²) in [6.07, 6.45) is 0.761. The van der Waals surface area contributed by atoms with E-state index in [4.69, 9.17) is 4.74 Å². The molecule has 4 rings (SSSR count). The SMILES string of the molecule is CCn1nnc2cc(C(=O)NC3CCOc4ccccc43)ccc21. The number of benzene rings is 2. The van der Waals surface area contributed by atoms with E-state index >= 15 is 0 Å². The summed E-state index contributed by atoms with van der Waals surface area (Å²) in [7, 11) is 0. The van der Waals surface area contributed by atoms with Gasteiger partial charge in [0, 0.05) is 24.1 Å². The third kappa shape index (κ3) is 2.50. The third-order valence-electron chi connectivity index (χ3n) is 4.34. The van der Waals surface area contributed by atoms with Crippen LogP contribution in [0.4, 0.5) is 0 Å². The van der Waals surface area contributed by atoms with Crippen molar-refractivity contribution >= 4 is 16.9 Å². The summed E-state index contributed by atoms with van der Waals surface area (Å²) in [4.78, 5) is 12.6. The van der Waals surface area contributed by atoms with Gasteiger partial charge < -0.3 is 10.1 Å². The van der Waals surface area contributed by atoms with Crippen LogP contribution < -0.4 is 10.1 Å². The van der Waals surface area contributed by atoms with E-state index in [2.05, 4.69) is 15.6 Å². The zero-order valence-corrected chi connectivity index (χ0v) is 13.4. The fraction of sp³-hybridized carbons (Fsp3) is 0.278. The molecule has 2 heterocycles. The van der Waals surface area contributed by atoms with E-state index in [1.54, 1.807) is 6.07 Å². The van der Waals surface area contributed by atoms with E-state index in [-0.39, 0.29) is 11.9 Å². The fourth-order valence-electron chi connectivity index (χ4n) is 3.08. The molecule has 3 aromatic rings. The molecule has 1 aliphatic rings. The van der Waals surface area contributed by atoms with Crippen LogP contribution >= 0.6 is 0 Å². The number of nitrogens with zero attached hydrogens (tertiary/aromatic N) is 3. The highest BCUT2D eigenvalue weighted by molar-refractivity contribution is 5.97. The molecule has 1 aromatic heterocycles. The molecular weight excluding hydrogens is 304 g/mol. The topological polar surface area (TPSA) is 69.0 Å². The second-order valence-corrected chi connectivity index (χ2v) is 5.81. The van der Waals surface area contributed by atoms with Crippen molar-refractivity contribution in [3.63, 3.8) is 0 Å². The lowest BCUT2D eigenvalue weighted by Crippen LogP contribution is -2.32. The minimum Gasteiger partial charge on any atom is -0.493 e. The number of hydrogen-bond donors (Lipinski definition) is 1. The van der Waals surface area contributed by atoms with Crippen molar-refractivity contribution in [2.24, 2.45) is 0 Å². The summed E-state index contributed by atoms with van der Waals surface area (Å²) >= 11 is 0. The second-order valence-electron chi connectivity index (χ2n) is 5.81. The summed E-state index contributed by atoms with van der Waals surface area (Å²) in [6.45, 7) is 3.37. The number of aromatic nitrogens is 3. The largest absolute Gasteiger partial charge is 0.493 e. The minimum absolute atomic E-state index is 0.0375. The quantitative estimate of drug-likeness (QED) is 0.805. The summed E-state index contributed by atoms with van der Waals surface area (Å²) < 4.78 is 7.45. The maximum absolute atomic E-state index is 12.6. The van der Waals surface area contributed by atoms with Crippen LogP contribution in [-0.2, 0) is 6.54 Å². The normalized spacial score (nSPS) is 16.5. The number of carbonyl (C=O) groups is 1. The van der Waals surface area contributed by atoms with Crippen LogP contribution in [0, 0.1) is 0 Å². The lowest BCUT2D eigenvalue weighted by atomic mass is 10.00. The molecule has 1 N–H and O–H groups in total. The van der Waals surface area contributed by atoms with Crippen molar-refractivity contribution in [3.8, 4) is 5.75 Å². The highest BCUT2D eigenvalue weighted by atomic mass is 16.5. The minimum atomic E-state index is -0.107. The van der Waals surface area contributed by atoms with Crippen LogP contribution in [0.2, 0.25) is 0 Å². The molecule has 24 heavy (non-hydrogen) atoms. The molecule has 6 heteroatoms. The summed E-state index contributed by atoms with van der Waals surface area (Å²) in [5.41, 5.74) is 3.28. The molecule has 0 fully saturated rings. The number of fused-ring (bicyclic) bond motifs is 2. The van der Waals surface area contributed by atoms with Crippen LogP contribution in [0.25, 0.3) is 11.0 Å².